The first kappa shape index (κ1) is 31.1. The largest absolute Gasteiger partial charge is 0.455 e. The van der Waals surface area contributed by atoms with E-state index in [0.717, 1.165) is 62.0 Å². The molecule has 1 atom stereocenters. The molecule has 4 aromatic carbocycles. The van der Waals surface area contributed by atoms with Crippen LogP contribution in [-0.4, -0.2) is 0 Å². The molecule has 0 amide bonds. The molecule has 49 heavy (non-hydrogen) atoms. The number of aryl methyl sites for hydroxylation is 5. The Labute approximate surface area is 288 Å². The highest BCUT2D eigenvalue weighted by molar-refractivity contribution is 6.11. The molecule has 0 spiro atoms. The normalized spacial score (nSPS) is 12.7. The standard InChI is InChI=1S/C45H44N2O2/c1-26(2)32-18-21-37(47(8)25-32)41-27(3)17-20-35-43-31(12-11-15-40(43)49-45(35)41)22-29(5)36-23-38(46(7)24-30(36)6)42-28(4)16-19-34-33-13-9-10-14-39(33)48-44(34)42/h9-21,23-26,29H,22H2,1-8H3/q+2. The van der Waals surface area contributed by atoms with Gasteiger partial charge in [0.2, 0.25) is 11.4 Å². The first-order chi connectivity index (χ1) is 23.6. The van der Waals surface area contributed by atoms with E-state index >= 15 is 0 Å². The molecule has 0 N–H and O–H groups in total. The van der Waals surface area contributed by atoms with Crippen molar-refractivity contribution in [2.24, 2.45) is 14.1 Å². The van der Waals surface area contributed by atoms with Crippen molar-refractivity contribution in [2.75, 3.05) is 0 Å². The fraction of sp³-hybridized carbons (Fsp3) is 0.244. The Bertz CT molecular complexity index is 2580. The second kappa shape index (κ2) is 11.7. The summed E-state index contributed by atoms with van der Waals surface area (Å²) in [6.45, 7) is 13.4. The summed E-state index contributed by atoms with van der Waals surface area (Å²) in [5.74, 6) is 0.750. The summed E-state index contributed by atoms with van der Waals surface area (Å²) in [4.78, 5) is 0. The minimum Gasteiger partial charge on any atom is -0.455 e. The van der Waals surface area contributed by atoms with E-state index in [2.05, 4.69) is 156 Å². The number of nitrogens with zero attached hydrogens (tertiary/aromatic N) is 2. The number of furan rings is 2. The second-order valence-electron chi connectivity index (χ2n) is 14.4. The highest BCUT2D eigenvalue weighted by Crippen LogP contribution is 2.41. The highest BCUT2D eigenvalue weighted by atomic mass is 16.3. The van der Waals surface area contributed by atoms with Gasteiger partial charge in [-0.15, -0.1) is 0 Å². The van der Waals surface area contributed by atoms with Gasteiger partial charge in [-0.25, -0.2) is 9.13 Å². The first-order valence-electron chi connectivity index (χ1n) is 17.5. The Morgan fingerprint density at radius 1 is 0.592 bits per heavy atom. The number of benzene rings is 4. The van der Waals surface area contributed by atoms with Crippen LogP contribution >= 0.6 is 0 Å². The van der Waals surface area contributed by atoms with Crippen molar-refractivity contribution in [2.45, 2.75) is 59.8 Å². The van der Waals surface area contributed by atoms with Gasteiger partial charge in [-0.05, 0) is 79.5 Å². The number of aromatic nitrogens is 2. The van der Waals surface area contributed by atoms with Crippen LogP contribution in [0.1, 0.15) is 66.0 Å². The zero-order valence-electron chi connectivity index (χ0n) is 29.8. The van der Waals surface area contributed by atoms with E-state index in [-0.39, 0.29) is 5.92 Å². The van der Waals surface area contributed by atoms with E-state index < -0.39 is 0 Å². The van der Waals surface area contributed by atoms with Crippen molar-refractivity contribution in [1.82, 2.24) is 0 Å². The summed E-state index contributed by atoms with van der Waals surface area (Å²) >= 11 is 0. The van der Waals surface area contributed by atoms with Crippen LogP contribution < -0.4 is 9.13 Å². The van der Waals surface area contributed by atoms with Gasteiger partial charge in [-0.1, -0.05) is 75.4 Å². The van der Waals surface area contributed by atoms with E-state index in [9.17, 15) is 0 Å². The van der Waals surface area contributed by atoms with Crippen molar-refractivity contribution >= 4 is 43.9 Å². The third-order valence-electron chi connectivity index (χ3n) is 10.6. The molecule has 4 aromatic heterocycles. The molecule has 4 heterocycles. The predicted molar refractivity (Wildman–Crippen MR) is 201 cm³/mol. The zero-order chi connectivity index (χ0) is 34.1. The maximum atomic E-state index is 6.75. The van der Waals surface area contributed by atoms with Crippen molar-refractivity contribution in [3.8, 4) is 22.5 Å². The topological polar surface area (TPSA) is 34.0 Å². The molecule has 244 valence electrons. The monoisotopic (exact) mass is 644 g/mol. The molecular formula is C45H44N2O2+2. The van der Waals surface area contributed by atoms with Gasteiger partial charge in [0.15, 0.2) is 12.4 Å². The summed E-state index contributed by atoms with van der Waals surface area (Å²) in [7, 11) is 4.29. The van der Waals surface area contributed by atoms with Crippen LogP contribution in [-0.2, 0) is 20.5 Å². The number of fused-ring (bicyclic) bond motifs is 6. The lowest BCUT2D eigenvalue weighted by molar-refractivity contribution is -0.660. The lowest BCUT2D eigenvalue weighted by Crippen LogP contribution is -2.32. The molecule has 1 unspecified atom stereocenters. The van der Waals surface area contributed by atoms with Crippen LogP contribution in [0.3, 0.4) is 0 Å². The van der Waals surface area contributed by atoms with Crippen molar-refractivity contribution in [1.29, 1.82) is 0 Å². The molecule has 0 aliphatic carbocycles. The number of pyridine rings is 2. The summed E-state index contributed by atoms with van der Waals surface area (Å²) in [5, 5.41) is 4.70. The molecule has 0 saturated carbocycles. The first-order valence-corrected chi connectivity index (χ1v) is 17.5. The summed E-state index contributed by atoms with van der Waals surface area (Å²) in [5.41, 5.74) is 16.1. The van der Waals surface area contributed by atoms with Crippen molar-refractivity contribution in [3.63, 3.8) is 0 Å². The van der Waals surface area contributed by atoms with Gasteiger partial charge < -0.3 is 8.83 Å². The van der Waals surface area contributed by atoms with Gasteiger partial charge in [0, 0.05) is 44.8 Å². The van der Waals surface area contributed by atoms with Crippen LogP contribution in [0.25, 0.3) is 66.4 Å². The van der Waals surface area contributed by atoms with E-state index in [1.165, 1.54) is 44.2 Å². The smallest absolute Gasteiger partial charge is 0.216 e. The quantitative estimate of drug-likeness (QED) is 0.169. The Morgan fingerprint density at radius 3 is 2.00 bits per heavy atom. The maximum Gasteiger partial charge on any atom is 0.216 e. The lowest BCUT2D eigenvalue weighted by atomic mass is 9.88. The Hall–Kier alpha value is -5.22. The molecular weight excluding hydrogens is 601 g/mol. The molecule has 0 bridgehead atoms. The average molecular weight is 645 g/mol. The van der Waals surface area contributed by atoms with Crippen LogP contribution in [0.4, 0.5) is 0 Å². The molecule has 0 radical (unpaired) electrons. The maximum absolute atomic E-state index is 6.75. The minimum absolute atomic E-state index is 0.275. The average Bonchev–Trinajstić information content (AvgIpc) is 3.64. The van der Waals surface area contributed by atoms with E-state index in [4.69, 9.17) is 8.83 Å². The molecule has 4 nitrogen and oxygen atoms in total. The number of rotatable bonds is 6. The SMILES string of the molecule is Cc1c[n+](C)c(-c2c(C)ccc3c2oc2ccccc23)cc1C(C)Cc1cccc2oc3c(-c4ccc(C(C)C)c[n+]4C)c(C)ccc3c12. The predicted octanol–water partition coefficient (Wildman–Crippen LogP) is 10.9. The van der Waals surface area contributed by atoms with Crippen molar-refractivity contribution in [3.05, 3.63) is 131 Å². The van der Waals surface area contributed by atoms with Crippen LogP contribution in [0.15, 0.2) is 106 Å². The minimum atomic E-state index is 0.275. The van der Waals surface area contributed by atoms with Crippen LogP contribution in [0.5, 0.6) is 0 Å². The molecule has 8 aromatic rings. The van der Waals surface area contributed by atoms with Gasteiger partial charge >= 0.3 is 0 Å². The molecule has 8 rings (SSSR count). The van der Waals surface area contributed by atoms with Gasteiger partial charge in [-0.3, -0.25) is 0 Å². The number of hydrogen-bond acceptors (Lipinski definition) is 2. The molecule has 4 heteroatoms. The Balaban J connectivity index is 1.23. The summed E-state index contributed by atoms with van der Waals surface area (Å²) < 4.78 is 17.8. The highest BCUT2D eigenvalue weighted by Gasteiger charge is 2.26. The van der Waals surface area contributed by atoms with Gasteiger partial charge in [-0.2, -0.15) is 0 Å². The van der Waals surface area contributed by atoms with Gasteiger partial charge in [0.1, 0.15) is 36.4 Å². The third kappa shape index (κ3) is 5.04. The second-order valence-corrected chi connectivity index (χ2v) is 14.4. The summed E-state index contributed by atoms with van der Waals surface area (Å²) in [6.07, 6.45) is 5.42. The molecule has 0 saturated heterocycles. The van der Waals surface area contributed by atoms with Gasteiger partial charge in [0.05, 0.1) is 11.1 Å². The summed E-state index contributed by atoms with van der Waals surface area (Å²) in [6, 6.07) is 30.7. The van der Waals surface area contributed by atoms with Crippen LogP contribution in [0, 0.1) is 20.8 Å². The fourth-order valence-electron chi connectivity index (χ4n) is 8.00. The third-order valence-corrected chi connectivity index (χ3v) is 10.6. The van der Waals surface area contributed by atoms with E-state index in [1.54, 1.807) is 0 Å². The van der Waals surface area contributed by atoms with E-state index in [0.29, 0.717) is 5.92 Å². The lowest BCUT2D eigenvalue weighted by Gasteiger charge is -2.16. The molecule has 0 fully saturated rings. The fourth-order valence-corrected chi connectivity index (χ4v) is 8.00. The molecule has 0 aliphatic heterocycles. The molecule has 0 aliphatic rings. The number of para-hydroxylation sites is 1. The van der Waals surface area contributed by atoms with Gasteiger partial charge in [0.25, 0.3) is 0 Å². The van der Waals surface area contributed by atoms with Crippen molar-refractivity contribution < 1.29 is 18.0 Å². The Morgan fingerprint density at radius 2 is 1.24 bits per heavy atom. The number of hydrogen-bond donors (Lipinski definition) is 0. The van der Waals surface area contributed by atoms with Crippen LogP contribution in [0.2, 0.25) is 0 Å². The van der Waals surface area contributed by atoms with E-state index in [1.807, 2.05) is 6.07 Å². The Kier molecular flexibility index (Phi) is 7.44. The zero-order valence-corrected chi connectivity index (χ0v) is 29.8.